The average molecular weight is 309 g/mol. The van der Waals surface area contributed by atoms with Gasteiger partial charge in [0.2, 0.25) is 6.39 Å². The summed E-state index contributed by atoms with van der Waals surface area (Å²) in [5.41, 5.74) is 1.66. The molecule has 0 spiro atoms. The molecule has 1 aliphatic rings. The molecule has 0 aliphatic carbocycles. The van der Waals surface area contributed by atoms with Crippen molar-refractivity contribution in [1.82, 2.24) is 25.2 Å². The van der Waals surface area contributed by atoms with Crippen molar-refractivity contribution in [3.8, 4) is 0 Å². The van der Waals surface area contributed by atoms with Crippen LogP contribution in [0.5, 0.6) is 0 Å². The first-order chi connectivity index (χ1) is 11.3. The van der Waals surface area contributed by atoms with Gasteiger partial charge in [-0.1, -0.05) is 35.5 Å². The fraction of sp³-hybridized carbons (Fsp3) is 0.250. The molecule has 7 nitrogen and oxygen atoms in total. The Kier molecular flexibility index (Phi) is 3.38. The van der Waals surface area contributed by atoms with E-state index < -0.39 is 0 Å². The van der Waals surface area contributed by atoms with Gasteiger partial charge in [0.25, 0.3) is 5.91 Å². The Morgan fingerprint density at radius 1 is 1.17 bits per heavy atom. The van der Waals surface area contributed by atoms with Crippen LogP contribution in [0.1, 0.15) is 33.7 Å². The highest BCUT2D eigenvalue weighted by molar-refractivity contribution is 5.92. The lowest BCUT2D eigenvalue weighted by molar-refractivity contribution is 0.0783. The first-order valence-corrected chi connectivity index (χ1v) is 7.43. The van der Waals surface area contributed by atoms with Gasteiger partial charge < -0.3 is 9.42 Å². The van der Waals surface area contributed by atoms with Crippen LogP contribution >= 0.6 is 0 Å². The third kappa shape index (κ3) is 2.50. The number of hydrogen-bond acceptors (Lipinski definition) is 5. The molecule has 1 aliphatic heterocycles. The fourth-order valence-electron chi connectivity index (χ4n) is 3.16. The van der Waals surface area contributed by atoms with Crippen molar-refractivity contribution >= 4 is 5.91 Å². The van der Waals surface area contributed by atoms with E-state index in [1.165, 1.54) is 12.0 Å². The fourth-order valence-corrected chi connectivity index (χ4v) is 3.16. The summed E-state index contributed by atoms with van der Waals surface area (Å²) >= 11 is 0. The van der Waals surface area contributed by atoms with Crippen LogP contribution < -0.4 is 0 Å². The van der Waals surface area contributed by atoms with Gasteiger partial charge in [-0.2, -0.15) is 10.1 Å². The van der Waals surface area contributed by atoms with Crippen molar-refractivity contribution < 1.29 is 9.32 Å². The number of carbonyl (C=O) groups is 1. The third-order valence-corrected chi connectivity index (χ3v) is 4.28. The maximum Gasteiger partial charge on any atom is 0.271 e. The van der Waals surface area contributed by atoms with Gasteiger partial charge in [-0.15, -0.1) is 0 Å². The maximum atomic E-state index is 12.6. The second kappa shape index (κ2) is 5.68. The van der Waals surface area contributed by atoms with E-state index in [1.807, 2.05) is 23.1 Å². The van der Waals surface area contributed by atoms with Gasteiger partial charge in [-0.05, 0) is 11.6 Å². The topological polar surface area (TPSA) is 87.9 Å². The number of amides is 1. The van der Waals surface area contributed by atoms with Crippen molar-refractivity contribution in [2.45, 2.75) is 11.8 Å². The highest BCUT2D eigenvalue weighted by Gasteiger charge is 2.39. The molecule has 4 rings (SSSR count). The van der Waals surface area contributed by atoms with Gasteiger partial charge in [0.1, 0.15) is 5.69 Å². The predicted molar refractivity (Wildman–Crippen MR) is 80.7 cm³/mol. The van der Waals surface area contributed by atoms with E-state index in [0.717, 1.165) is 0 Å². The lowest BCUT2D eigenvalue weighted by Crippen LogP contribution is -2.29. The van der Waals surface area contributed by atoms with Crippen LogP contribution in [-0.2, 0) is 0 Å². The Balaban J connectivity index is 1.65. The average Bonchev–Trinajstić information content (AvgIpc) is 3.35. The summed E-state index contributed by atoms with van der Waals surface area (Å²) in [6.07, 6.45) is 2.91. The second-order valence-electron chi connectivity index (χ2n) is 5.59. The first kappa shape index (κ1) is 13.7. The molecule has 2 aromatic heterocycles. The minimum Gasteiger partial charge on any atom is -0.343 e. The van der Waals surface area contributed by atoms with E-state index in [4.69, 9.17) is 4.52 Å². The summed E-state index contributed by atoms with van der Waals surface area (Å²) in [6.45, 7) is 1.16. The second-order valence-corrected chi connectivity index (χ2v) is 5.59. The number of benzene rings is 1. The number of nitrogens with one attached hydrogen (secondary N) is 1. The number of hydrogen-bond donors (Lipinski definition) is 1. The molecule has 1 saturated heterocycles. The smallest absolute Gasteiger partial charge is 0.271 e. The van der Waals surface area contributed by atoms with Crippen LogP contribution in [0.25, 0.3) is 0 Å². The van der Waals surface area contributed by atoms with Crippen LogP contribution in [-0.4, -0.2) is 44.2 Å². The zero-order chi connectivity index (χ0) is 15.6. The van der Waals surface area contributed by atoms with E-state index in [9.17, 15) is 4.79 Å². The number of aromatic nitrogens is 4. The monoisotopic (exact) mass is 309 g/mol. The SMILES string of the molecule is O=C(c1ccn[nH]1)N1C[C@H](c2ccccc2)[C@@H](c2ncon2)C1. The highest BCUT2D eigenvalue weighted by Crippen LogP contribution is 2.38. The van der Waals surface area contributed by atoms with Crippen LogP contribution in [0.3, 0.4) is 0 Å². The lowest BCUT2D eigenvalue weighted by atomic mass is 9.88. The number of H-pyrrole nitrogens is 1. The van der Waals surface area contributed by atoms with E-state index in [1.54, 1.807) is 12.3 Å². The van der Waals surface area contributed by atoms with Crippen molar-refractivity contribution in [3.63, 3.8) is 0 Å². The summed E-state index contributed by atoms with van der Waals surface area (Å²) in [4.78, 5) is 18.6. The Labute approximate surface area is 132 Å². The number of aromatic amines is 1. The van der Waals surface area contributed by atoms with Gasteiger partial charge in [0.05, 0.1) is 0 Å². The summed E-state index contributed by atoms with van der Waals surface area (Å²) in [7, 11) is 0. The van der Waals surface area contributed by atoms with Gasteiger partial charge in [-0.3, -0.25) is 9.89 Å². The normalized spacial score (nSPS) is 20.8. The van der Waals surface area contributed by atoms with Crippen molar-refractivity contribution in [2.24, 2.45) is 0 Å². The number of rotatable bonds is 3. The van der Waals surface area contributed by atoms with E-state index in [2.05, 4.69) is 32.5 Å². The zero-order valence-electron chi connectivity index (χ0n) is 12.3. The largest absolute Gasteiger partial charge is 0.343 e. The molecule has 1 amide bonds. The van der Waals surface area contributed by atoms with Gasteiger partial charge >= 0.3 is 0 Å². The summed E-state index contributed by atoms with van der Waals surface area (Å²) in [5, 5.41) is 10.6. The molecule has 2 atom stereocenters. The lowest BCUT2D eigenvalue weighted by Gasteiger charge is -2.15. The third-order valence-electron chi connectivity index (χ3n) is 4.28. The number of nitrogens with zero attached hydrogens (tertiary/aromatic N) is 4. The molecule has 0 bridgehead atoms. The standard InChI is InChI=1S/C16H15N5O2/c22-16(14-6-7-18-19-14)21-8-12(11-4-2-1-3-5-11)13(9-21)15-17-10-23-20-15/h1-7,10,12-13H,8-9H2,(H,18,19)/t12-,13+/m1/s1. The number of likely N-dealkylation sites (tertiary alicyclic amines) is 1. The molecule has 116 valence electrons. The van der Waals surface area contributed by atoms with Gasteiger partial charge in [0.15, 0.2) is 5.82 Å². The predicted octanol–water partition coefficient (Wildman–Crippen LogP) is 1.82. The molecule has 1 fully saturated rings. The molecule has 0 saturated carbocycles. The Bertz CT molecular complexity index is 770. The Morgan fingerprint density at radius 3 is 2.70 bits per heavy atom. The molecule has 3 aromatic rings. The van der Waals surface area contributed by atoms with Crippen molar-refractivity contribution in [1.29, 1.82) is 0 Å². The summed E-state index contributed by atoms with van der Waals surface area (Å²) in [6, 6.07) is 11.8. The number of carbonyl (C=O) groups excluding carboxylic acids is 1. The first-order valence-electron chi connectivity index (χ1n) is 7.43. The molecule has 1 N–H and O–H groups in total. The Hall–Kier alpha value is -2.96. The van der Waals surface area contributed by atoms with Crippen LogP contribution in [0.4, 0.5) is 0 Å². The van der Waals surface area contributed by atoms with E-state index >= 15 is 0 Å². The van der Waals surface area contributed by atoms with E-state index in [0.29, 0.717) is 24.6 Å². The molecule has 0 radical (unpaired) electrons. The molecule has 3 heterocycles. The minimum atomic E-state index is -0.0607. The Morgan fingerprint density at radius 2 is 2.00 bits per heavy atom. The molecular formula is C16H15N5O2. The molecule has 0 unspecified atom stereocenters. The molecule has 1 aromatic carbocycles. The van der Waals surface area contributed by atoms with Gasteiger partial charge in [-0.25, -0.2) is 0 Å². The quantitative estimate of drug-likeness (QED) is 0.797. The molecule has 23 heavy (non-hydrogen) atoms. The zero-order valence-corrected chi connectivity index (χ0v) is 12.3. The summed E-state index contributed by atoms with van der Waals surface area (Å²) in [5.74, 6) is 0.733. The van der Waals surface area contributed by atoms with Crippen LogP contribution in [0, 0.1) is 0 Å². The van der Waals surface area contributed by atoms with Crippen molar-refractivity contribution in [3.05, 3.63) is 66.1 Å². The molecule has 7 heteroatoms. The highest BCUT2D eigenvalue weighted by atomic mass is 16.5. The van der Waals surface area contributed by atoms with E-state index in [-0.39, 0.29) is 17.7 Å². The van der Waals surface area contributed by atoms with Crippen LogP contribution in [0.15, 0.2) is 53.5 Å². The van der Waals surface area contributed by atoms with Crippen LogP contribution in [0.2, 0.25) is 0 Å². The maximum absolute atomic E-state index is 12.6. The van der Waals surface area contributed by atoms with Crippen molar-refractivity contribution in [2.75, 3.05) is 13.1 Å². The van der Waals surface area contributed by atoms with Gasteiger partial charge in [0, 0.05) is 31.1 Å². The summed E-state index contributed by atoms with van der Waals surface area (Å²) < 4.78 is 4.90. The minimum absolute atomic E-state index is 0.0167. The molecular weight excluding hydrogens is 294 g/mol.